The average Bonchev–Trinajstić information content (AvgIpc) is 2.48. The van der Waals surface area contributed by atoms with Crippen LogP contribution in [0.4, 0.5) is 9.59 Å². The third-order valence-electron chi connectivity index (χ3n) is 3.81. The van der Waals surface area contributed by atoms with Crippen LogP contribution >= 0.6 is 0 Å². The molecule has 0 aliphatic heterocycles. The minimum Gasteiger partial charge on any atom is -0.444 e. The lowest BCUT2D eigenvalue weighted by molar-refractivity contribution is -0.124. The van der Waals surface area contributed by atoms with Crippen molar-refractivity contribution in [2.75, 3.05) is 6.54 Å². The molecule has 0 rings (SSSR count). The molecule has 0 aliphatic carbocycles. The second-order valence-electron chi connectivity index (χ2n) is 10.2. The smallest absolute Gasteiger partial charge is 0.408 e. The van der Waals surface area contributed by atoms with E-state index in [2.05, 4.69) is 29.8 Å². The van der Waals surface area contributed by atoms with Gasteiger partial charge in [-0.2, -0.15) is 0 Å². The second-order valence-corrected chi connectivity index (χ2v) is 10.2. The zero-order valence-corrected chi connectivity index (χ0v) is 20.3. The van der Waals surface area contributed by atoms with Crippen LogP contribution in [0.1, 0.15) is 88.0 Å². The third-order valence-corrected chi connectivity index (χ3v) is 3.81. The van der Waals surface area contributed by atoms with E-state index < -0.39 is 29.4 Å². The predicted octanol–water partition coefficient (Wildman–Crippen LogP) is 4.13. The summed E-state index contributed by atoms with van der Waals surface area (Å²) in [6, 6.07) is -0.690. The van der Waals surface area contributed by atoms with Crippen molar-refractivity contribution in [1.82, 2.24) is 16.0 Å². The molecular formula is C22H43N3O5. The van der Waals surface area contributed by atoms with Crippen molar-refractivity contribution >= 4 is 18.1 Å². The first-order valence-electron chi connectivity index (χ1n) is 10.9. The van der Waals surface area contributed by atoms with Gasteiger partial charge in [0.15, 0.2) is 0 Å². The standard InChI is InChI=1S/C22H43N3O5/c1-15(2)14-16(3)24-18(26)17(25-20(28)30-22(7,8)9)12-10-11-13-23-19(27)29-21(4,5)6/h15-17H,10-14H2,1-9H3,(H,23,27)(H,24,26)(H,25,28). The first-order valence-corrected chi connectivity index (χ1v) is 10.9. The molecule has 0 aromatic heterocycles. The molecule has 0 saturated heterocycles. The lowest BCUT2D eigenvalue weighted by atomic mass is 10.0. The Morgan fingerprint density at radius 1 is 0.800 bits per heavy atom. The predicted molar refractivity (Wildman–Crippen MR) is 118 cm³/mol. The molecule has 0 radical (unpaired) electrons. The fourth-order valence-corrected chi connectivity index (χ4v) is 2.81. The number of amides is 3. The summed E-state index contributed by atoms with van der Waals surface area (Å²) in [5.41, 5.74) is -1.19. The van der Waals surface area contributed by atoms with Crippen molar-refractivity contribution in [1.29, 1.82) is 0 Å². The largest absolute Gasteiger partial charge is 0.444 e. The van der Waals surface area contributed by atoms with Crippen LogP contribution in [0, 0.1) is 5.92 Å². The number of nitrogens with one attached hydrogen (secondary N) is 3. The van der Waals surface area contributed by atoms with Crippen molar-refractivity contribution in [3.8, 4) is 0 Å². The number of carbonyl (C=O) groups excluding carboxylic acids is 3. The van der Waals surface area contributed by atoms with Crippen molar-refractivity contribution in [2.24, 2.45) is 5.92 Å². The minimum absolute atomic E-state index is 0.00858. The van der Waals surface area contributed by atoms with Gasteiger partial charge in [-0.25, -0.2) is 9.59 Å². The zero-order valence-electron chi connectivity index (χ0n) is 20.3. The molecule has 0 spiro atoms. The number of unbranched alkanes of at least 4 members (excludes halogenated alkanes) is 1. The fraction of sp³-hybridized carbons (Fsp3) is 0.864. The molecule has 0 fully saturated rings. The normalized spacial score (nSPS) is 13.9. The Kier molecular flexibility index (Phi) is 11.8. The van der Waals surface area contributed by atoms with Gasteiger partial charge < -0.3 is 25.4 Å². The number of hydrogen-bond donors (Lipinski definition) is 3. The van der Waals surface area contributed by atoms with Gasteiger partial charge in [0.05, 0.1) is 0 Å². The highest BCUT2D eigenvalue weighted by atomic mass is 16.6. The molecule has 0 aromatic rings. The molecule has 3 N–H and O–H groups in total. The molecule has 176 valence electrons. The summed E-state index contributed by atoms with van der Waals surface area (Å²) in [6.45, 7) is 17.3. The van der Waals surface area contributed by atoms with Crippen molar-refractivity contribution < 1.29 is 23.9 Å². The summed E-state index contributed by atoms with van der Waals surface area (Å²) in [7, 11) is 0. The Bertz CT molecular complexity index is 550. The summed E-state index contributed by atoms with van der Waals surface area (Å²) >= 11 is 0. The summed E-state index contributed by atoms with van der Waals surface area (Å²) in [5.74, 6) is 0.227. The van der Waals surface area contributed by atoms with E-state index in [-0.39, 0.29) is 11.9 Å². The highest BCUT2D eigenvalue weighted by molar-refractivity contribution is 5.85. The van der Waals surface area contributed by atoms with Crippen LogP contribution in [0.15, 0.2) is 0 Å². The van der Waals surface area contributed by atoms with Crippen LogP contribution in [0.25, 0.3) is 0 Å². The van der Waals surface area contributed by atoms with E-state index in [1.165, 1.54) is 0 Å². The summed E-state index contributed by atoms with van der Waals surface area (Å²) in [4.78, 5) is 36.5. The van der Waals surface area contributed by atoms with E-state index in [1.54, 1.807) is 41.5 Å². The first-order chi connectivity index (χ1) is 13.6. The molecule has 2 unspecified atom stereocenters. The van der Waals surface area contributed by atoms with E-state index in [4.69, 9.17) is 9.47 Å². The Morgan fingerprint density at radius 2 is 1.33 bits per heavy atom. The highest BCUT2D eigenvalue weighted by Gasteiger charge is 2.25. The molecule has 8 nitrogen and oxygen atoms in total. The number of ether oxygens (including phenoxy) is 2. The van der Waals surface area contributed by atoms with E-state index in [1.807, 2.05) is 6.92 Å². The maximum absolute atomic E-state index is 12.7. The van der Waals surface area contributed by atoms with E-state index in [0.717, 1.165) is 6.42 Å². The lowest BCUT2D eigenvalue weighted by Crippen LogP contribution is -2.50. The fourth-order valence-electron chi connectivity index (χ4n) is 2.81. The van der Waals surface area contributed by atoms with Gasteiger partial charge in [0.2, 0.25) is 5.91 Å². The van der Waals surface area contributed by atoms with E-state index in [0.29, 0.717) is 31.7 Å². The summed E-state index contributed by atoms with van der Waals surface area (Å²) in [5, 5.41) is 8.34. The maximum Gasteiger partial charge on any atom is 0.408 e. The van der Waals surface area contributed by atoms with Crippen molar-refractivity contribution in [3.05, 3.63) is 0 Å². The van der Waals surface area contributed by atoms with Gasteiger partial charge in [0.25, 0.3) is 0 Å². The minimum atomic E-state index is -0.698. The number of rotatable bonds is 10. The van der Waals surface area contributed by atoms with Gasteiger partial charge in [0, 0.05) is 12.6 Å². The number of carbonyl (C=O) groups is 3. The van der Waals surface area contributed by atoms with Crippen LogP contribution in [0.2, 0.25) is 0 Å². The van der Waals surface area contributed by atoms with Crippen molar-refractivity contribution in [2.45, 2.75) is 111 Å². The van der Waals surface area contributed by atoms with Crippen molar-refractivity contribution in [3.63, 3.8) is 0 Å². The molecule has 0 aromatic carbocycles. The van der Waals surface area contributed by atoms with Crippen LogP contribution < -0.4 is 16.0 Å². The van der Waals surface area contributed by atoms with Crippen LogP contribution in [-0.2, 0) is 14.3 Å². The molecule has 0 saturated carbocycles. The lowest BCUT2D eigenvalue weighted by Gasteiger charge is -2.25. The second kappa shape index (κ2) is 12.6. The first kappa shape index (κ1) is 28.0. The summed E-state index contributed by atoms with van der Waals surface area (Å²) < 4.78 is 10.5. The van der Waals surface area contributed by atoms with Gasteiger partial charge in [-0.1, -0.05) is 13.8 Å². The Labute approximate surface area is 182 Å². The van der Waals surface area contributed by atoms with Gasteiger partial charge in [-0.15, -0.1) is 0 Å². The molecule has 0 heterocycles. The Morgan fingerprint density at radius 3 is 1.83 bits per heavy atom. The zero-order chi connectivity index (χ0) is 23.5. The quantitative estimate of drug-likeness (QED) is 0.453. The topological polar surface area (TPSA) is 106 Å². The SMILES string of the molecule is CC(C)CC(C)NC(=O)C(CCCCNC(=O)OC(C)(C)C)NC(=O)OC(C)(C)C. The molecule has 2 atom stereocenters. The molecule has 8 heteroatoms. The van der Waals surface area contributed by atoms with Gasteiger partial charge in [-0.05, 0) is 80.1 Å². The van der Waals surface area contributed by atoms with E-state index >= 15 is 0 Å². The van der Waals surface area contributed by atoms with E-state index in [9.17, 15) is 14.4 Å². The molecule has 30 heavy (non-hydrogen) atoms. The molecule has 0 bridgehead atoms. The van der Waals surface area contributed by atoms with Crippen LogP contribution in [0.3, 0.4) is 0 Å². The number of hydrogen-bond acceptors (Lipinski definition) is 5. The highest BCUT2D eigenvalue weighted by Crippen LogP contribution is 2.10. The van der Waals surface area contributed by atoms with Gasteiger partial charge in [-0.3, -0.25) is 4.79 Å². The average molecular weight is 430 g/mol. The number of alkyl carbamates (subject to hydrolysis) is 2. The monoisotopic (exact) mass is 429 g/mol. The van der Waals surface area contributed by atoms with Crippen LogP contribution in [-0.4, -0.2) is 47.9 Å². The molecular weight excluding hydrogens is 386 g/mol. The molecule has 3 amide bonds. The van der Waals surface area contributed by atoms with Gasteiger partial charge in [0.1, 0.15) is 17.2 Å². The summed E-state index contributed by atoms with van der Waals surface area (Å²) in [6.07, 6.45) is 1.50. The van der Waals surface area contributed by atoms with Gasteiger partial charge >= 0.3 is 12.2 Å². The third kappa shape index (κ3) is 15.9. The van der Waals surface area contributed by atoms with Crippen LogP contribution in [0.5, 0.6) is 0 Å². The molecule has 0 aliphatic rings. The Hall–Kier alpha value is -1.99. The maximum atomic E-state index is 12.7. The Balaban J connectivity index is 4.67.